The zero-order valence-electron chi connectivity index (χ0n) is 10.4. The highest BCUT2D eigenvalue weighted by molar-refractivity contribution is 7.98. The van der Waals surface area contributed by atoms with Crippen LogP contribution in [0.1, 0.15) is 20.2 Å². The molecule has 0 aromatic carbocycles. The predicted octanol–water partition coefficient (Wildman–Crippen LogP) is 3.45. The number of aromatic carboxylic acids is 1. The second-order valence-electron chi connectivity index (χ2n) is 3.93. The summed E-state index contributed by atoms with van der Waals surface area (Å²) in [5.41, 5.74) is 0.736. The van der Waals surface area contributed by atoms with Crippen LogP contribution in [0.2, 0.25) is 0 Å². The minimum absolute atomic E-state index is 0.330. The van der Waals surface area contributed by atoms with Crippen molar-refractivity contribution in [1.82, 2.24) is 15.0 Å². The van der Waals surface area contributed by atoms with Crippen LogP contribution in [0.5, 0.6) is 0 Å². The molecule has 8 heteroatoms. The monoisotopic (exact) mass is 323 g/mol. The standard InChI is InChI=1S/C12H9N3O2S3/c1-6-8-10(19-4-7-13-2-3-18-7)14-5-15-11(8)20-9(6)12(16)17/h2-3,5H,4H2,1H3,(H,16,17). The lowest BCUT2D eigenvalue weighted by molar-refractivity contribution is 0.0701. The molecule has 0 aliphatic carbocycles. The van der Waals surface area contributed by atoms with Crippen LogP contribution in [-0.4, -0.2) is 26.0 Å². The van der Waals surface area contributed by atoms with E-state index in [2.05, 4.69) is 15.0 Å². The number of thiophene rings is 1. The lowest BCUT2D eigenvalue weighted by Gasteiger charge is -2.01. The summed E-state index contributed by atoms with van der Waals surface area (Å²) >= 11 is 4.34. The van der Waals surface area contributed by atoms with E-state index in [1.807, 2.05) is 5.38 Å². The van der Waals surface area contributed by atoms with Crippen LogP contribution in [-0.2, 0) is 5.75 Å². The van der Waals surface area contributed by atoms with Crippen LogP contribution >= 0.6 is 34.4 Å². The van der Waals surface area contributed by atoms with E-state index in [1.165, 1.54) is 17.7 Å². The lowest BCUT2D eigenvalue weighted by atomic mass is 10.2. The van der Waals surface area contributed by atoms with Crippen LogP contribution in [0.3, 0.4) is 0 Å². The fourth-order valence-corrected chi connectivity index (χ4v) is 4.56. The Balaban J connectivity index is 2.00. The quantitative estimate of drug-likeness (QED) is 0.585. The summed E-state index contributed by atoms with van der Waals surface area (Å²) in [5, 5.41) is 13.8. The second-order valence-corrected chi connectivity index (χ2v) is 6.88. The van der Waals surface area contributed by atoms with Gasteiger partial charge in [-0.15, -0.1) is 22.7 Å². The van der Waals surface area contributed by atoms with Crippen molar-refractivity contribution in [2.75, 3.05) is 0 Å². The zero-order valence-corrected chi connectivity index (χ0v) is 12.8. The van der Waals surface area contributed by atoms with Crippen molar-refractivity contribution in [1.29, 1.82) is 0 Å². The van der Waals surface area contributed by atoms with Crippen molar-refractivity contribution in [3.05, 3.63) is 33.4 Å². The molecular formula is C12H9N3O2S3. The highest BCUT2D eigenvalue weighted by atomic mass is 32.2. The fourth-order valence-electron chi connectivity index (χ4n) is 1.81. The number of thioether (sulfide) groups is 1. The Morgan fingerprint density at radius 3 is 2.95 bits per heavy atom. The molecule has 3 aromatic heterocycles. The Kier molecular flexibility index (Phi) is 3.68. The van der Waals surface area contributed by atoms with Crippen LogP contribution in [0.15, 0.2) is 22.9 Å². The molecule has 0 aliphatic heterocycles. The summed E-state index contributed by atoms with van der Waals surface area (Å²) in [6.45, 7) is 1.80. The van der Waals surface area contributed by atoms with Crippen molar-refractivity contribution >= 4 is 50.6 Å². The smallest absolute Gasteiger partial charge is 0.346 e. The number of hydrogen-bond acceptors (Lipinski definition) is 7. The number of carboxylic acid groups (broad SMARTS) is 1. The molecule has 3 aromatic rings. The minimum Gasteiger partial charge on any atom is -0.477 e. The van der Waals surface area contributed by atoms with Crippen LogP contribution in [0.4, 0.5) is 0 Å². The maximum atomic E-state index is 11.2. The summed E-state index contributed by atoms with van der Waals surface area (Å²) < 4.78 is 0. The van der Waals surface area contributed by atoms with Crippen molar-refractivity contribution in [2.24, 2.45) is 0 Å². The summed E-state index contributed by atoms with van der Waals surface area (Å²) in [6.07, 6.45) is 3.25. The highest BCUT2D eigenvalue weighted by Crippen LogP contribution is 2.36. The third-order valence-electron chi connectivity index (χ3n) is 2.70. The van der Waals surface area contributed by atoms with Gasteiger partial charge in [0.15, 0.2) is 0 Å². The molecule has 1 N–H and O–H groups in total. The summed E-state index contributed by atoms with van der Waals surface area (Å²) in [4.78, 5) is 24.9. The number of rotatable bonds is 4. The van der Waals surface area contributed by atoms with Crippen LogP contribution in [0, 0.1) is 6.92 Å². The predicted molar refractivity (Wildman–Crippen MR) is 80.8 cm³/mol. The Bertz CT molecular complexity index is 768. The molecule has 0 bridgehead atoms. The average Bonchev–Trinajstić information content (AvgIpc) is 3.05. The van der Waals surface area contributed by atoms with Gasteiger partial charge >= 0.3 is 5.97 Å². The average molecular weight is 323 g/mol. The summed E-state index contributed by atoms with van der Waals surface area (Å²) in [6, 6.07) is 0. The Labute approximate surface area is 126 Å². The molecule has 0 fully saturated rings. The molecule has 3 heterocycles. The first-order valence-corrected chi connectivity index (χ1v) is 8.33. The van der Waals surface area contributed by atoms with E-state index >= 15 is 0 Å². The third kappa shape index (κ3) is 2.41. The van der Waals surface area contributed by atoms with Gasteiger partial charge in [0.25, 0.3) is 0 Å². The number of fused-ring (bicyclic) bond motifs is 1. The van der Waals surface area contributed by atoms with E-state index in [0.717, 1.165) is 31.6 Å². The van der Waals surface area contributed by atoms with Gasteiger partial charge in [0.2, 0.25) is 0 Å². The molecule has 0 spiro atoms. The summed E-state index contributed by atoms with van der Waals surface area (Å²) in [7, 11) is 0. The van der Waals surface area contributed by atoms with Gasteiger partial charge < -0.3 is 5.11 Å². The molecule has 102 valence electrons. The van der Waals surface area contributed by atoms with Gasteiger partial charge in [-0.3, -0.25) is 0 Å². The second kappa shape index (κ2) is 5.47. The SMILES string of the molecule is Cc1c(C(=O)O)sc2ncnc(SCc3nccs3)c12. The van der Waals surface area contributed by atoms with E-state index < -0.39 is 5.97 Å². The number of aromatic nitrogens is 3. The minimum atomic E-state index is -0.915. The molecule has 0 radical (unpaired) electrons. The molecule has 0 atom stereocenters. The van der Waals surface area contributed by atoms with E-state index in [4.69, 9.17) is 0 Å². The van der Waals surface area contributed by atoms with Crippen molar-refractivity contribution < 1.29 is 9.90 Å². The molecule has 0 amide bonds. The summed E-state index contributed by atoms with van der Waals surface area (Å²) in [5.74, 6) is -0.192. The van der Waals surface area contributed by atoms with E-state index in [0.29, 0.717) is 4.88 Å². The Morgan fingerprint density at radius 1 is 1.40 bits per heavy atom. The maximum absolute atomic E-state index is 11.2. The molecule has 20 heavy (non-hydrogen) atoms. The van der Waals surface area contributed by atoms with Gasteiger partial charge in [-0.05, 0) is 12.5 Å². The van der Waals surface area contributed by atoms with Crippen molar-refractivity contribution in [2.45, 2.75) is 17.7 Å². The molecule has 0 saturated carbocycles. The van der Waals surface area contributed by atoms with Gasteiger partial charge in [-0.25, -0.2) is 19.7 Å². The molecule has 0 saturated heterocycles. The first-order chi connectivity index (χ1) is 9.66. The third-order valence-corrected chi connectivity index (χ3v) is 5.85. The largest absolute Gasteiger partial charge is 0.477 e. The van der Waals surface area contributed by atoms with Gasteiger partial charge in [-0.2, -0.15) is 0 Å². The maximum Gasteiger partial charge on any atom is 0.346 e. The van der Waals surface area contributed by atoms with Crippen molar-refractivity contribution in [3.63, 3.8) is 0 Å². The van der Waals surface area contributed by atoms with E-state index in [9.17, 15) is 9.90 Å². The van der Waals surface area contributed by atoms with Crippen molar-refractivity contribution in [3.8, 4) is 0 Å². The number of hydrogen-bond donors (Lipinski definition) is 1. The number of carboxylic acids is 1. The van der Waals surface area contributed by atoms with E-state index in [-0.39, 0.29) is 0 Å². The van der Waals surface area contributed by atoms with Gasteiger partial charge in [0.1, 0.15) is 26.1 Å². The zero-order chi connectivity index (χ0) is 14.1. The fraction of sp³-hybridized carbons (Fsp3) is 0.167. The van der Waals surface area contributed by atoms with Crippen LogP contribution in [0.25, 0.3) is 10.2 Å². The number of aryl methyl sites for hydroxylation is 1. The first-order valence-electron chi connectivity index (χ1n) is 5.65. The molecule has 3 rings (SSSR count). The molecule has 0 unspecified atom stereocenters. The Morgan fingerprint density at radius 2 is 2.25 bits per heavy atom. The Hall–Kier alpha value is -1.51. The molecule has 5 nitrogen and oxygen atoms in total. The van der Waals surface area contributed by atoms with Crippen LogP contribution < -0.4 is 0 Å². The van der Waals surface area contributed by atoms with Gasteiger partial charge in [-0.1, -0.05) is 11.8 Å². The number of thiazole rings is 1. The number of carbonyl (C=O) groups is 1. The topological polar surface area (TPSA) is 76.0 Å². The first kappa shape index (κ1) is 13.5. The molecular weight excluding hydrogens is 314 g/mol. The number of nitrogens with zero attached hydrogens (tertiary/aromatic N) is 3. The highest BCUT2D eigenvalue weighted by Gasteiger charge is 2.18. The van der Waals surface area contributed by atoms with Gasteiger partial charge in [0.05, 0.1) is 5.75 Å². The van der Waals surface area contributed by atoms with Gasteiger partial charge in [0, 0.05) is 17.0 Å². The lowest BCUT2D eigenvalue weighted by Crippen LogP contribution is -1.94. The van der Waals surface area contributed by atoms with E-state index in [1.54, 1.807) is 36.2 Å². The normalized spacial score (nSPS) is 11.1. The molecule has 0 aliphatic rings.